The topological polar surface area (TPSA) is 32.3 Å². The number of hydrogen-bond donors (Lipinski definition) is 2. The molecule has 0 aliphatic heterocycles. The molecule has 106 valence electrons. The summed E-state index contributed by atoms with van der Waals surface area (Å²) in [4.78, 5) is 0. The SMILES string of the molecule is CC(C)(CNCc1ccc(CO)cc1)c1ccccc1. The minimum Gasteiger partial charge on any atom is -0.392 e. The second-order valence-electron chi connectivity index (χ2n) is 5.83. The van der Waals surface area contributed by atoms with Gasteiger partial charge < -0.3 is 10.4 Å². The van der Waals surface area contributed by atoms with Crippen LogP contribution in [0.2, 0.25) is 0 Å². The van der Waals surface area contributed by atoms with Gasteiger partial charge in [-0.25, -0.2) is 0 Å². The summed E-state index contributed by atoms with van der Waals surface area (Å²) in [5.41, 5.74) is 3.67. The van der Waals surface area contributed by atoms with Gasteiger partial charge in [-0.05, 0) is 16.7 Å². The van der Waals surface area contributed by atoms with Gasteiger partial charge in [0.2, 0.25) is 0 Å². The Kier molecular flexibility index (Phi) is 4.94. The zero-order chi connectivity index (χ0) is 14.4. The summed E-state index contributed by atoms with van der Waals surface area (Å²) >= 11 is 0. The van der Waals surface area contributed by atoms with E-state index in [1.807, 2.05) is 12.1 Å². The van der Waals surface area contributed by atoms with Crippen molar-refractivity contribution in [1.29, 1.82) is 0 Å². The standard InChI is InChI=1S/C18H23NO/c1-18(2,17-6-4-3-5-7-17)14-19-12-15-8-10-16(13-20)11-9-15/h3-11,19-20H,12-14H2,1-2H3. The molecule has 2 rings (SSSR count). The number of aliphatic hydroxyl groups is 1. The monoisotopic (exact) mass is 269 g/mol. The van der Waals surface area contributed by atoms with Crippen molar-refractivity contribution >= 4 is 0 Å². The molecule has 2 aromatic carbocycles. The molecule has 20 heavy (non-hydrogen) atoms. The minimum absolute atomic E-state index is 0.106. The molecular weight excluding hydrogens is 246 g/mol. The molecule has 2 nitrogen and oxygen atoms in total. The predicted molar refractivity (Wildman–Crippen MR) is 83.5 cm³/mol. The van der Waals surface area contributed by atoms with Gasteiger partial charge in [0.15, 0.2) is 0 Å². The molecular formula is C18H23NO. The maximum absolute atomic E-state index is 9.02. The molecule has 0 fully saturated rings. The van der Waals surface area contributed by atoms with Crippen molar-refractivity contribution in [3.8, 4) is 0 Å². The molecule has 0 radical (unpaired) electrons. The van der Waals surface area contributed by atoms with Crippen molar-refractivity contribution in [3.63, 3.8) is 0 Å². The van der Waals surface area contributed by atoms with Crippen molar-refractivity contribution < 1.29 is 5.11 Å². The van der Waals surface area contributed by atoms with E-state index in [1.165, 1.54) is 11.1 Å². The average Bonchev–Trinajstić information content (AvgIpc) is 2.49. The lowest BCUT2D eigenvalue weighted by molar-refractivity contribution is 0.282. The molecule has 0 spiro atoms. The minimum atomic E-state index is 0.106. The van der Waals surface area contributed by atoms with Crippen LogP contribution < -0.4 is 5.32 Å². The lowest BCUT2D eigenvalue weighted by Crippen LogP contribution is -2.32. The summed E-state index contributed by atoms with van der Waals surface area (Å²) in [5, 5.41) is 12.5. The van der Waals surface area contributed by atoms with Crippen LogP contribution in [0, 0.1) is 0 Å². The van der Waals surface area contributed by atoms with Crippen LogP contribution in [-0.2, 0) is 18.6 Å². The fourth-order valence-electron chi connectivity index (χ4n) is 2.27. The molecule has 2 heteroatoms. The zero-order valence-electron chi connectivity index (χ0n) is 12.3. The first-order chi connectivity index (χ1) is 9.62. The van der Waals surface area contributed by atoms with Gasteiger partial charge in [-0.3, -0.25) is 0 Å². The molecule has 0 heterocycles. The number of rotatable bonds is 6. The first-order valence-corrected chi connectivity index (χ1v) is 7.07. The van der Waals surface area contributed by atoms with Gasteiger partial charge in [0, 0.05) is 18.5 Å². The van der Waals surface area contributed by atoms with E-state index in [0.29, 0.717) is 0 Å². The molecule has 0 saturated carbocycles. The molecule has 0 unspecified atom stereocenters. The van der Waals surface area contributed by atoms with Gasteiger partial charge >= 0.3 is 0 Å². The average molecular weight is 269 g/mol. The van der Waals surface area contributed by atoms with Crippen LogP contribution in [0.15, 0.2) is 54.6 Å². The normalized spacial score (nSPS) is 11.6. The predicted octanol–water partition coefficient (Wildman–Crippen LogP) is 3.25. The molecule has 0 aliphatic carbocycles. The van der Waals surface area contributed by atoms with Crippen LogP contribution in [0.5, 0.6) is 0 Å². The van der Waals surface area contributed by atoms with Gasteiger partial charge in [-0.1, -0.05) is 68.4 Å². The lowest BCUT2D eigenvalue weighted by Gasteiger charge is -2.25. The molecule has 0 saturated heterocycles. The molecule has 0 atom stereocenters. The Morgan fingerprint density at radius 1 is 0.900 bits per heavy atom. The second-order valence-corrected chi connectivity index (χ2v) is 5.83. The van der Waals surface area contributed by atoms with Crippen LogP contribution in [0.4, 0.5) is 0 Å². The third kappa shape index (κ3) is 3.92. The highest BCUT2D eigenvalue weighted by atomic mass is 16.3. The zero-order valence-corrected chi connectivity index (χ0v) is 12.3. The van der Waals surface area contributed by atoms with E-state index in [0.717, 1.165) is 18.7 Å². The Hall–Kier alpha value is -1.64. The van der Waals surface area contributed by atoms with Crippen molar-refractivity contribution in [1.82, 2.24) is 5.32 Å². The molecule has 0 aromatic heterocycles. The molecule has 2 aromatic rings. The maximum atomic E-state index is 9.02. The first kappa shape index (κ1) is 14.8. The van der Waals surface area contributed by atoms with E-state index < -0.39 is 0 Å². The summed E-state index contributed by atoms with van der Waals surface area (Å²) in [6.45, 7) is 6.39. The van der Waals surface area contributed by atoms with Crippen LogP contribution in [-0.4, -0.2) is 11.7 Å². The number of hydrogen-bond acceptors (Lipinski definition) is 2. The van der Waals surface area contributed by atoms with Crippen molar-refractivity contribution in [2.75, 3.05) is 6.54 Å². The van der Waals surface area contributed by atoms with E-state index in [2.05, 4.69) is 61.6 Å². The van der Waals surface area contributed by atoms with Crippen molar-refractivity contribution in [2.24, 2.45) is 0 Å². The number of aliphatic hydroxyl groups excluding tert-OH is 1. The third-order valence-electron chi connectivity index (χ3n) is 3.66. The Labute approximate surface area is 121 Å². The maximum Gasteiger partial charge on any atom is 0.0681 e. The Balaban J connectivity index is 1.88. The highest BCUT2D eigenvalue weighted by Crippen LogP contribution is 2.21. The summed E-state index contributed by atoms with van der Waals surface area (Å²) < 4.78 is 0. The van der Waals surface area contributed by atoms with E-state index in [-0.39, 0.29) is 12.0 Å². The van der Waals surface area contributed by atoms with Crippen LogP contribution in [0.1, 0.15) is 30.5 Å². The summed E-state index contributed by atoms with van der Waals surface area (Å²) in [6.07, 6.45) is 0. The van der Waals surface area contributed by atoms with E-state index in [1.54, 1.807) is 0 Å². The van der Waals surface area contributed by atoms with Crippen LogP contribution >= 0.6 is 0 Å². The second kappa shape index (κ2) is 6.69. The van der Waals surface area contributed by atoms with Gasteiger partial charge in [0.25, 0.3) is 0 Å². The van der Waals surface area contributed by atoms with Crippen LogP contribution in [0.3, 0.4) is 0 Å². The van der Waals surface area contributed by atoms with Crippen molar-refractivity contribution in [2.45, 2.75) is 32.4 Å². The van der Waals surface area contributed by atoms with Crippen LogP contribution in [0.25, 0.3) is 0 Å². The fourth-order valence-corrected chi connectivity index (χ4v) is 2.27. The molecule has 2 N–H and O–H groups in total. The summed E-state index contributed by atoms with van der Waals surface area (Å²) in [7, 11) is 0. The lowest BCUT2D eigenvalue weighted by atomic mass is 9.84. The van der Waals surface area contributed by atoms with Gasteiger partial charge in [0.05, 0.1) is 6.61 Å². The fraction of sp³-hybridized carbons (Fsp3) is 0.333. The molecule has 0 aliphatic rings. The molecule has 0 bridgehead atoms. The van der Waals surface area contributed by atoms with E-state index >= 15 is 0 Å². The molecule has 0 amide bonds. The van der Waals surface area contributed by atoms with E-state index in [4.69, 9.17) is 5.11 Å². The van der Waals surface area contributed by atoms with Gasteiger partial charge in [0.1, 0.15) is 0 Å². The highest BCUT2D eigenvalue weighted by Gasteiger charge is 2.19. The highest BCUT2D eigenvalue weighted by molar-refractivity contribution is 5.24. The third-order valence-corrected chi connectivity index (χ3v) is 3.66. The largest absolute Gasteiger partial charge is 0.392 e. The van der Waals surface area contributed by atoms with Gasteiger partial charge in [-0.15, -0.1) is 0 Å². The summed E-state index contributed by atoms with van der Waals surface area (Å²) in [6, 6.07) is 18.7. The Morgan fingerprint density at radius 3 is 2.10 bits per heavy atom. The number of nitrogens with one attached hydrogen (secondary N) is 1. The Bertz CT molecular complexity index is 517. The first-order valence-electron chi connectivity index (χ1n) is 7.07. The van der Waals surface area contributed by atoms with Gasteiger partial charge in [-0.2, -0.15) is 0 Å². The smallest absolute Gasteiger partial charge is 0.0681 e. The van der Waals surface area contributed by atoms with E-state index in [9.17, 15) is 0 Å². The number of benzene rings is 2. The Morgan fingerprint density at radius 2 is 1.50 bits per heavy atom. The quantitative estimate of drug-likeness (QED) is 0.843. The van der Waals surface area contributed by atoms with Crippen molar-refractivity contribution in [3.05, 3.63) is 71.3 Å². The summed E-state index contributed by atoms with van der Waals surface area (Å²) in [5.74, 6) is 0.